The summed E-state index contributed by atoms with van der Waals surface area (Å²) in [6.45, 7) is 4.08. The summed E-state index contributed by atoms with van der Waals surface area (Å²) in [4.78, 5) is 14.4. The lowest BCUT2D eigenvalue weighted by Gasteiger charge is -2.19. The zero-order valence-corrected chi connectivity index (χ0v) is 14.4. The Morgan fingerprint density at radius 3 is 2.48 bits per heavy atom. The van der Waals surface area contributed by atoms with Gasteiger partial charge in [-0.1, -0.05) is 36.6 Å². The van der Waals surface area contributed by atoms with Gasteiger partial charge in [-0.15, -0.1) is 0 Å². The number of carbonyl (C=O) groups excluding carboxylic acids is 1. The summed E-state index contributed by atoms with van der Waals surface area (Å²) in [6.07, 6.45) is 5.54. The molecule has 0 bridgehead atoms. The number of hydrogen-bond acceptors (Lipinski definition) is 3. The van der Waals surface area contributed by atoms with Crippen molar-refractivity contribution >= 4 is 17.5 Å². The highest BCUT2D eigenvalue weighted by molar-refractivity contribution is 6.30. The Labute approximate surface area is 143 Å². The van der Waals surface area contributed by atoms with Gasteiger partial charge in [-0.25, -0.2) is 0 Å². The minimum atomic E-state index is -0.780. The van der Waals surface area contributed by atoms with Crippen LogP contribution in [0.3, 0.4) is 0 Å². The molecular formula is C18H27ClN2O2. The zero-order chi connectivity index (χ0) is 16.5. The largest absolute Gasteiger partial charge is 0.388 e. The minimum Gasteiger partial charge on any atom is -0.388 e. The van der Waals surface area contributed by atoms with Crippen LogP contribution in [0, 0.1) is 0 Å². The number of amides is 1. The molecule has 1 atom stereocenters. The van der Waals surface area contributed by atoms with E-state index in [1.165, 1.54) is 38.8 Å². The summed E-state index contributed by atoms with van der Waals surface area (Å²) < 4.78 is 0. The van der Waals surface area contributed by atoms with Crippen LogP contribution >= 0.6 is 11.6 Å². The molecule has 1 aliphatic rings. The standard InChI is InChI=1S/C18H27ClN2O2/c19-16-8-6-15(7-9-16)17(22)14-18(23)20-10-5-13-21-11-3-1-2-4-12-21/h6-9,17,22H,1-5,10-14H2,(H,20,23). The lowest BCUT2D eigenvalue weighted by molar-refractivity contribution is -0.123. The predicted octanol–water partition coefficient (Wildman–Crippen LogP) is 3.15. The number of aliphatic hydroxyl groups is 1. The van der Waals surface area contributed by atoms with Crippen LogP contribution in [0.4, 0.5) is 0 Å². The third-order valence-corrected chi connectivity index (χ3v) is 4.56. The van der Waals surface area contributed by atoms with E-state index >= 15 is 0 Å². The van der Waals surface area contributed by atoms with Gasteiger partial charge in [-0.2, -0.15) is 0 Å². The highest BCUT2D eigenvalue weighted by atomic mass is 35.5. The predicted molar refractivity (Wildman–Crippen MR) is 93.6 cm³/mol. The van der Waals surface area contributed by atoms with Gasteiger partial charge < -0.3 is 15.3 Å². The van der Waals surface area contributed by atoms with Gasteiger partial charge in [0.25, 0.3) is 0 Å². The Hall–Kier alpha value is -1.10. The first kappa shape index (κ1) is 18.2. The summed E-state index contributed by atoms with van der Waals surface area (Å²) >= 11 is 5.82. The van der Waals surface area contributed by atoms with Gasteiger partial charge in [0.1, 0.15) is 0 Å². The maximum atomic E-state index is 11.9. The molecule has 0 radical (unpaired) electrons. The third kappa shape index (κ3) is 6.90. The molecule has 1 amide bonds. The van der Waals surface area contributed by atoms with E-state index in [1.54, 1.807) is 24.3 Å². The molecule has 2 rings (SSSR count). The molecule has 128 valence electrons. The molecule has 1 aliphatic heterocycles. The van der Waals surface area contributed by atoms with E-state index < -0.39 is 6.10 Å². The molecule has 4 nitrogen and oxygen atoms in total. The summed E-state index contributed by atoms with van der Waals surface area (Å²) in [5.74, 6) is -0.108. The summed E-state index contributed by atoms with van der Waals surface area (Å²) in [5.41, 5.74) is 0.717. The van der Waals surface area contributed by atoms with E-state index in [9.17, 15) is 9.90 Å². The average molecular weight is 339 g/mol. The number of nitrogens with zero attached hydrogens (tertiary/aromatic N) is 1. The second-order valence-corrected chi connectivity index (χ2v) is 6.67. The number of rotatable bonds is 7. The monoisotopic (exact) mass is 338 g/mol. The van der Waals surface area contributed by atoms with Crippen molar-refractivity contribution in [2.45, 2.75) is 44.6 Å². The van der Waals surface area contributed by atoms with Crippen molar-refractivity contribution in [3.05, 3.63) is 34.9 Å². The fourth-order valence-electron chi connectivity index (χ4n) is 2.94. The quantitative estimate of drug-likeness (QED) is 0.751. The molecule has 1 fully saturated rings. The Morgan fingerprint density at radius 1 is 1.17 bits per heavy atom. The molecule has 0 spiro atoms. The number of benzene rings is 1. The fraction of sp³-hybridized carbons (Fsp3) is 0.611. The molecule has 0 saturated carbocycles. The van der Waals surface area contributed by atoms with Crippen LogP contribution in [0.1, 0.15) is 50.2 Å². The molecular weight excluding hydrogens is 312 g/mol. The number of carbonyl (C=O) groups is 1. The molecule has 1 unspecified atom stereocenters. The topological polar surface area (TPSA) is 52.6 Å². The smallest absolute Gasteiger partial charge is 0.222 e. The van der Waals surface area contributed by atoms with Gasteiger partial charge in [0.05, 0.1) is 12.5 Å². The van der Waals surface area contributed by atoms with Crippen LogP contribution in [0.5, 0.6) is 0 Å². The third-order valence-electron chi connectivity index (χ3n) is 4.31. The molecule has 1 aromatic rings. The molecule has 0 aliphatic carbocycles. The molecule has 5 heteroatoms. The first-order valence-corrected chi connectivity index (χ1v) is 8.95. The fourth-order valence-corrected chi connectivity index (χ4v) is 3.07. The second kappa shape index (κ2) is 9.91. The first-order valence-electron chi connectivity index (χ1n) is 8.58. The highest BCUT2D eigenvalue weighted by Crippen LogP contribution is 2.18. The molecule has 23 heavy (non-hydrogen) atoms. The number of nitrogens with one attached hydrogen (secondary N) is 1. The van der Waals surface area contributed by atoms with Crippen LogP contribution in [0.15, 0.2) is 24.3 Å². The Kier molecular flexibility index (Phi) is 7.86. The molecule has 1 saturated heterocycles. The normalized spacial score (nSPS) is 17.5. The first-order chi connectivity index (χ1) is 11.1. The van der Waals surface area contributed by atoms with Gasteiger partial charge in [0.2, 0.25) is 5.91 Å². The maximum absolute atomic E-state index is 11.9. The van der Waals surface area contributed by atoms with Crippen molar-refractivity contribution in [3.8, 4) is 0 Å². The van der Waals surface area contributed by atoms with Crippen molar-refractivity contribution < 1.29 is 9.90 Å². The van der Waals surface area contributed by atoms with E-state index in [-0.39, 0.29) is 12.3 Å². The van der Waals surface area contributed by atoms with Gasteiger partial charge in [0.15, 0.2) is 0 Å². The van der Waals surface area contributed by atoms with Crippen LogP contribution in [0.25, 0.3) is 0 Å². The summed E-state index contributed by atoms with van der Waals surface area (Å²) in [6, 6.07) is 6.94. The molecule has 1 aromatic carbocycles. The Balaban J connectivity index is 1.61. The van der Waals surface area contributed by atoms with Crippen molar-refractivity contribution in [1.29, 1.82) is 0 Å². The second-order valence-electron chi connectivity index (χ2n) is 6.23. The van der Waals surface area contributed by atoms with Crippen molar-refractivity contribution in [1.82, 2.24) is 10.2 Å². The lowest BCUT2D eigenvalue weighted by atomic mass is 10.1. The van der Waals surface area contributed by atoms with E-state index in [0.29, 0.717) is 17.1 Å². The van der Waals surface area contributed by atoms with Crippen molar-refractivity contribution in [2.75, 3.05) is 26.2 Å². The van der Waals surface area contributed by atoms with Gasteiger partial charge in [0, 0.05) is 11.6 Å². The van der Waals surface area contributed by atoms with E-state index in [0.717, 1.165) is 13.0 Å². The zero-order valence-electron chi connectivity index (χ0n) is 13.6. The van der Waals surface area contributed by atoms with Crippen LogP contribution in [-0.2, 0) is 4.79 Å². The summed E-state index contributed by atoms with van der Waals surface area (Å²) in [7, 11) is 0. The average Bonchev–Trinajstić information content (AvgIpc) is 2.81. The number of hydrogen-bond donors (Lipinski definition) is 2. The minimum absolute atomic E-state index is 0.0886. The van der Waals surface area contributed by atoms with Crippen LogP contribution in [-0.4, -0.2) is 42.1 Å². The van der Waals surface area contributed by atoms with Gasteiger partial charge >= 0.3 is 0 Å². The Bertz CT molecular complexity index is 470. The van der Waals surface area contributed by atoms with Crippen molar-refractivity contribution in [2.24, 2.45) is 0 Å². The van der Waals surface area contributed by atoms with Crippen LogP contribution in [0.2, 0.25) is 5.02 Å². The molecule has 0 aromatic heterocycles. The van der Waals surface area contributed by atoms with Crippen LogP contribution < -0.4 is 5.32 Å². The Morgan fingerprint density at radius 2 is 1.83 bits per heavy atom. The highest BCUT2D eigenvalue weighted by Gasteiger charge is 2.13. The van der Waals surface area contributed by atoms with Gasteiger partial charge in [-0.05, 0) is 56.6 Å². The number of halogens is 1. The lowest BCUT2D eigenvalue weighted by Crippen LogP contribution is -2.31. The van der Waals surface area contributed by atoms with Crippen molar-refractivity contribution in [3.63, 3.8) is 0 Å². The van der Waals surface area contributed by atoms with E-state index in [2.05, 4.69) is 10.2 Å². The maximum Gasteiger partial charge on any atom is 0.222 e. The SMILES string of the molecule is O=C(CC(O)c1ccc(Cl)cc1)NCCCN1CCCCCC1. The number of likely N-dealkylation sites (tertiary alicyclic amines) is 1. The number of aliphatic hydroxyl groups excluding tert-OH is 1. The molecule has 1 heterocycles. The summed E-state index contributed by atoms with van der Waals surface area (Å²) in [5, 5.41) is 13.6. The molecule has 2 N–H and O–H groups in total. The van der Waals surface area contributed by atoms with E-state index in [1.807, 2.05) is 0 Å². The van der Waals surface area contributed by atoms with Gasteiger partial charge in [-0.3, -0.25) is 4.79 Å². The van der Waals surface area contributed by atoms with E-state index in [4.69, 9.17) is 11.6 Å².